The topological polar surface area (TPSA) is 105 Å². The summed E-state index contributed by atoms with van der Waals surface area (Å²) >= 11 is 0. The number of fused-ring (bicyclic) bond motifs is 3. The molecule has 0 spiro atoms. The molecule has 0 aliphatic heterocycles. The summed E-state index contributed by atoms with van der Waals surface area (Å²) in [7, 11) is 2.86. The zero-order chi connectivity index (χ0) is 19.1. The fourth-order valence-electron chi connectivity index (χ4n) is 3.19. The summed E-state index contributed by atoms with van der Waals surface area (Å²) in [5.74, 6) is -0.848. The van der Waals surface area contributed by atoms with Crippen LogP contribution in [0.1, 0.15) is 10.5 Å². The Hall–Kier alpha value is -3.74. The molecule has 0 atom stereocenters. The number of hydrogen-bond donors (Lipinski definition) is 3. The number of para-hydroxylation sites is 1. The molecule has 0 unspecified atom stereocenters. The Kier molecular flexibility index (Phi) is 3.84. The van der Waals surface area contributed by atoms with E-state index >= 15 is 0 Å². The summed E-state index contributed by atoms with van der Waals surface area (Å²) in [6.07, 6.45) is 0. The van der Waals surface area contributed by atoms with E-state index in [9.17, 15) is 15.0 Å². The lowest BCUT2D eigenvalue weighted by Crippen LogP contribution is -2.02. The highest BCUT2D eigenvalue weighted by Crippen LogP contribution is 2.42. The van der Waals surface area contributed by atoms with Crippen LogP contribution in [-0.4, -0.2) is 40.4 Å². The third-order valence-electron chi connectivity index (χ3n) is 4.47. The van der Waals surface area contributed by atoms with Crippen molar-refractivity contribution < 1.29 is 24.5 Å². The lowest BCUT2D eigenvalue weighted by atomic mass is 10.1. The summed E-state index contributed by atoms with van der Waals surface area (Å²) in [6, 6.07) is 12.4. The molecule has 0 radical (unpaired) electrons. The van der Waals surface area contributed by atoms with Crippen molar-refractivity contribution in [2.45, 2.75) is 0 Å². The van der Waals surface area contributed by atoms with Gasteiger partial charge in [-0.05, 0) is 24.3 Å². The van der Waals surface area contributed by atoms with Gasteiger partial charge < -0.3 is 24.7 Å². The number of phenols is 1. The SMILES string of the molecule is COc1cc(-c2nc(C(=O)O)cc3c2[nH]c2ccccc23)cc(OC)c1O. The molecule has 0 bridgehead atoms. The first-order valence-corrected chi connectivity index (χ1v) is 8.13. The summed E-state index contributed by atoms with van der Waals surface area (Å²) < 4.78 is 10.4. The Bertz CT molecular complexity index is 1170. The van der Waals surface area contributed by atoms with Gasteiger partial charge in [-0.1, -0.05) is 18.2 Å². The predicted octanol–water partition coefficient (Wildman–Crippen LogP) is 3.80. The van der Waals surface area contributed by atoms with Crippen LogP contribution in [0.4, 0.5) is 0 Å². The van der Waals surface area contributed by atoms with E-state index in [4.69, 9.17) is 9.47 Å². The number of ether oxygens (including phenoxy) is 2. The molecule has 136 valence electrons. The summed E-state index contributed by atoms with van der Waals surface area (Å²) in [5.41, 5.74) is 2.47. The van der Waals surface area contributed by atoms with Gasteiger partial charge in [-0.3, -0.25) is 0 Å². The lowest BCUT2D eigenvalue weighted by molar-refractivity contribution is 0.0691. The van der Waals surface area contributed by atoms with E-state index in [0.717, 1.165) is 16.3 Å². The number of pyridine rings is 1. The van der Waals surface area contributed by atoms with E-state index in [0.29, 0.717) is 16.8 Å². The lowest BCUT2D eigenvalue weighted by Gasteiger charge is -2.12. The first kappa shape index (κ1) is 16.7. The number of aromatic carboxylic acids is 1. The Morgan fingerprint density at radius 1 is 1.04 bits per heavy atom. The zero-order valence-corrected chi connectivity index (χ0v) is 14.6. The van der Waals surface area contributed by atoms with Gasteiger partial charge in [0.2, 0.25) is 5.75 Å². The van der Waals surface area contributed by atoms with Gasteiger partial charge >= 0.3 is 5.97 Å². The second-order valence-electron chi connectivity index (χ2n) is 5.98. The van der Waals surface area contributed by atoms with E-state index in [1.807, 2.05) is 24.3 Å². The summed E-state index contributed by atoms with van der Waals surface area (Å²) in [6.45, 7) is 0. The number of nitrogens with one attached hydrogen (secondary N) is 1. The van der Waals surface area contributed by atoms with Crippen molar-refractivity contribution in [3.05, 3.63) is 48.2 Å². The molecule has 7 heteroatoms. The van der Waals surface area contributed by atoms with Crippen molar-refractivity contribution in [1.29, 1.82) is 0 Å². The van der Waals surface area contributed by atoms with Crippen molar-refractivity contribution in [2.75, 3.05) is 14.2 Å². The van der Waals surface area contributed by atoms with Crippen LogP contribution in [0.15, 0.2) is 42.5 Å². The van der Waals surface area contributed by atoms with Crippen molar-refractivity contribution in [2.24, 2.45) is 0 Å². The number of aromatic hydroxyl groups is 1. The Labute approximate surface area is 153 Å². The number of H-pyrrole nitrogens is 1. The summed E-state index contributed by atoms with van der Waals surface area (Å²) in [5, 5.41) is 21.3. The van der Waals surface area contributed by atoms with E-state index in [1.165, 1.54) is 14.2 Å². The number of aromatic nitrogens is 2. The minimum atomic E-state index is -1.12. The molecule has 0 saturated carbocycles. The number of phenolic OH excluding ortho intramolecular Hbond substituents is 1. The maximum absolute atomic E-state index is 11.6. The molecule has 7 nitrogen and oxygen atoms in total. The van der Waals surface area contributed by atoms with Gasteiger partial charge in [-0.15, -0.1) is 0 Å². The standard InChI is InChI=1S/C20H16N2O5/c1-26-15-7-10(8-16(27-2)19(15)23)17-18-12(9-14(22-17)20(24)25)11-5-3-4-6-13(11)21-18/h3-9,21,23H,1-2H3,(H,24,25). The fraction of sp³-hybridized carbons (Fsp3) is 0.100. The first-order valence-electron chi connectivity index (χ1n) is 8.13. The van der Waals surface area contributed by atoms with Gasteiger partial charge in [0.15, 0.2) is 11.5 Å². The molecule has 0 fully saturated rings. The number of carbonyl (C=O) groups is 1. The van der Waals surface area contributed by atoms with E-state index < -0.39 is 5.97 Å². The maximum Gasteiger partial charge on any atom is 0.354 e. The monoisotopic (exact) mass is 364 g/mol. The van der Waals surface area contributed by atoms with Gasteiger partial charge in [0.25, 0.3) is 0 Å². The van der Waals surface area contributed by atoms with Crippen LogP contribution < -0.4 is 9.47 Å². The molecule has 2 aromatic carbocycles. The quantitative estimate of drug-likeness (QED) is 0.509. The predicted molar refractivity (Wildman–Crippen MR) is 101 cm³/mol. The summed E-state index contributed by atoms with van der Waals surface area (Å²) in [4.78, 5) is 19.2. The highest BCUT2D eigenvalue weighted by atomic mass is 16.5. The van der Waals surface area contributed by atoms with Crippen LogP contribution in [0, 0.1) is 0 Å². The largest absolute Gasteiger partial charge is 0.502 e. The van der Waals surface area contributed by atoms with Gasteiger partial charge in [-0.2, -0.15) is 0 Å². The van der Waals surface area contributed by atoms with E-state index in [2.05, 4.69) is 9.97 Å². The molecule has 2 aromatic heterocycles. The highest BCUT2D eigenvalue weighted by molar-refractivity contribution is 6.12. The molecule has 0 amide bonds. The van der Waals surface area contributed by atoms with Crippen molar-refractivity contribution >= 4 is 27.8 Å². The number of methoxy groups -OCH3 is 2. The molecule has 2 heterocycles. The first-order chi connectivity index (χ1) is 13.0. The number of carboxylic acids is 1. The number of nitrogens with zero attached hydrogens (tertiary/aromatic N) is 1. The second kappa shape index (κ2) is 6.21. The number of benzene rings is 2. The Morgan fingerprint density at radius 3 is 2.33 bits per heavy atom. The smallest absolute Gasteiger partial charge is 0.354 e. The van der Waals surface area contributed by atoms with Crippen LogP contribution in [-0.2, 0) is 0 Å². The molecular formula is C20H16N2O5. The normalized spacial score (nSPS) is 11.0. The van der Waals surface area contributed by atoms with Crippen LogP contribution in [0.2, 0.25) is 0 Å². The van der Waals surface area contributed by atoms with Gasteiger partial charge in [0, 0.05) is 21.9 Å². The molecule has 0 aliphatic carbocycles. The number of aromatic amines is 1. The number of carboxylic acid groups (broad SMARTS) is 1. The molecule has 27 heavy (non-hydrogen) atoms. The molecule has 4 rings (SSSR count). The zero-order valence-electron chi connectivity index (χ0n) is 14.6. The van der Waals surface area contributed by atoms with Gasteiger partial charge in [0.05, 0.1) is 25.4 Å². The highest BCUT2D eigenvalue weighted by Gasteiger charge is 2.19. The van der Waals surface area contributed by atoms with Crippen molar-refractivity contribution in [3.8, 4) is 28.5 Å². The molecule has 4 aromatic rings. The molecular weight excluding hydrogens is 348 g/mol. The Balaban J connectivity index is 2.11. The molecule has 0 aliphatic rings. The third-order valence-corrected chi connectivity index (χ3v) is 4.47. The number of rotatable bonds is 4. The van der Waals surface area contributed by atoms with Crippen LogP contribution in [0.5, 0.6) is 17.2 Å². The van der Waals surface area contributed by atoms with Crippen LogP contribution in [0.3, 0.4) is 0 Å². The molecule has 3 N–H and O–H groups in total. The van der Waals surface area contributed by atoms with E-state index in [1.54, 1.807) is 18.2 Å². The van der Waals surface area contributed by atoms with Crippen LogP contribution >= 0.6 is 0 Å². The maximum atomic E-state index is 11.6. The fourth-order valence-corrected chi connectivity index (χ4v) is 3.19. The van der Waals surface area contributed by atoms with Crippen molar-refractivity contribution in [1.82, 2.24) is 9.97 Å². The Morgan fingerprint density at radius 2 is 1.70 bits per heavy atom. The van der Waals surface area contributed by atoms with Crippen LogP contribution in [0.25, 0.3) is 33.1 Å². The second-order valence-corrected chi connectivity index (χ2v) is 5.98. The minimum absolute atomic E-state index is 0.0757. The third kappa shape index (κ3) is 2.60. The van der Waals surface area contributed by atoms with Gasteiger partial charge in [0.1, 0.15) is 5.69 Å². The average molecular weight is 364 g/mol. The molecule has 0 saturated heterocycles. The average Bonchev–Trinajstić information content (AvgIpc) is 3.06. The minimum Gasteiger partial charge on any atom is -0.502 e. The van der Waals surface area contributed by atoms with E-state index in [-0.39, 0.29) is 22.9 Å². The van der Waals surface area contributed by atoms with Gasteiger partial charge in [-0.25, -0.2) is 9.78 Å². The number of hydrogen-bond acceptors (Lipinski definition) is 5. The van der Waals surface area contributed by atoms with Crippen molar-refractivity contribution in [3.63, 3.8) is 0 Å².